The van der Waals surface area contributed by atoms with Crippen LogP contribution in [0, 0.1) is 37.7 Å². The fourth-order valence-corrected chi connectivity index (χ4v) is 4.90. The van der Waals surface area contributed by atoms with Crippen LogP contribution in [0.15, 0.2) is 24.8 Å². The van der Waals surface area contributed by atoms with Crippen LogP contribution in [0.1, 0.15) is 74.0 Å². The molecule has 1 heteroatoms. The van der Waals surface area contributed by atoms with Gasteiger partial charge in [-0.1, -0.05) is 19.9 Å². The summed E-state index contributed by atoms with van der Waals surface area (Å²) in [5.41, 5.74) is 4.42. The number of allylic oxidation sites excluding steroid dienone is 1. The average Bonchev–Trinajstić information content (AvgIpc) is 2.58. The average molecular weight is 381 g/mol. The summed E-state index contributed by atoms with van der Waals surface area (Å²) in [6.45, 7) is 8.46. The SMILES string of the molecule is C=CC1CCC(C2CCC(c3cc[c-]c(C)c3C)CC2)CC1.[Rb+]. The molecule has 0 amide bonds. The van der Waals surface area contributed by atoms with Gasteiger partial charge in [-0.3, -0.25) is 0 Å². The van der Waals surface area contributed by atoms with Crippen LogP contribution in [-0.4, -0.2) is 0 Å². The molecule has 0 spiro atoms. The second-order valence-electron chi connectivity index (χ2n) is 7.71. The van der Waals surface area contributed by atoms with E-state index < -0.39 is 0 Å². The zero-order valence-corrected chi connectivity index (χ0v) is 20.3. The molecule has 2 fully saturated rings. The van der Waals surface area contributed by atoms with Crippen molar-refractivity contribution in [3.8, 4) is 0 Å². The van der Waals surface area contributed by atoms with Crippen molar-refractivity contribution in [2.24, 2.45) is 17.8 Å². The van der Waals surface area contributed by atoms with E-state index in [-0.39, 0.29) is 58.2 Å². The molecule has 0 aromatic heterocycles. The van der Waals surface area contributed by atoms with Crippen LogP contribution < -0.4 is 58.2 Å². The predicted octanol–water partition coefficient (Wildman–Crippen LogP) is 3.37. The van der Waals surface area contributed by atoms with Crippen molar-refractivity contribution in [2.45, 2.75) is 71.1 Å². The number of benzene rings is 1. The maximum atomic E-state index is 3.98. The van der Waals surface area contributed by atoms with Crippen LogP contribution in [0.25, 0.3) is 0 Å². The zero-order chi connectivity index (χ0) is 15.5. The second kappa shape index (κ2) is 9.46. The van der Waals surface area contributed by atoms with Crippen molar-refractivity contribution in [3.05, 3.63) is 47.5 Å². The fourth-order valence-electron chi connectivity index (χ4n) is 4.90. The molecule has 0 nitrogen and oxygen atoms in total. The van der Waals surface area contributed by atoms with E-state index >= 15 is 0 Å². The Morgan fingerprint density at radius 3 is 2.09 bits per heavy atom. The van der Waals surface area contributed by atoms with Gasteiger partial charge in [0.25, 0.3) is 0 Å². The van der Waals surface area contributed by atoms with Gasteiger partial charge >= 0.3 is 58.2 Å². The molecule has 0 N–H and O–H groups in total. The number of hydrogen-bond donors (Lipinski definition) is 0. The third-order valence-corrected chi connectivity index (χ3v) is 6.59. The Bertz CT molecular complexity index is 503. The second-order valence-corrected chi connectivity index (χ2v) is 7.71. The summed E-state index contributed by atoms with van der Waals surface area (Å²) >= 11 is 0. The molecule has 23 heavy (non-hydrogen) atoms. The van der Waals surface area contributed by atoms with Crippen LogP contribution in [0.4, 0.5) is 0 Å². The van der Waals surface area contributed by atoms with Gasteiger partial charge in [0, 0.05) is 0 Å². The Hall–Kier alpha value is 0.765. The first kappa shape index (κ1) is 20.1. The first-order valence-electron chi connectivity index (χ1n) is 9.29. The summed E-state index contributed by atoms with van der Waals surface area (Å²) in [5, 5.41) is 0. The molecule has 0 radical (unpaired) electrons. The number of hydrogen-bond acceptors (Lipinski definition) is 0. The van der Waals surface area contributed by atoms with Crippen LogP contribution >= 0.6 is 0 Å². The molecule has 0 saturated heterocycles. The third kappa shape index (κ3) is 4.90. The molecule has 0 aliphatic heterocycles. The van der Waals surface area contributed by atoms with Crippen molar-refractivity contribution < 1.29 is 58.2 Å². The largest absolute Gasteiger partial charge is 1.00 e. The Kier molecular flexibility index (Phi) is 8.26. The van der Waals surface area contributed by atoms with Crippen molar-refractivity contribution in [3.63, 3.8) is 0 Å². The Morgan fingerprint density at radius 2 is 1.52 bits per heavy atom. The van der Waals surface area contributed by atoms with Crippen molar-refractivity contribution in [2.75, 3.05) is 0 Å². The molecule has 3 rings (SSSR count). The summed E-state index contributed by atoms with van der Waals surface area (Å²) in [6, 6.07) is 7.79. The minimum Gasteiger partial charge on any atom is -0.180 e. The molecular formula is C22H31Rb. The minimum atomic E-state index is 0. The van der Waals surface area contributed by atoms with Gasteiger partial charge in [0.1, 0.15) is 0 Å². The van der Waals surface area contributed by atoms with Crippen LogP contribution in [-0.2, 0) is 0 Å². The van der Waals surface area contributed by atoms with E-state index in [9.17, 15) is 0 Å². The van der Waals surface area contributed by atoms with Crippen LogP contribution in [0.3, 0.4) is 0 Å². The molecule has 0 unspecified atom stereocenters. The Balaban J connectivity index is 0.00000192. The van der Waals surface area contributed by atoms with Crippen molar-refractivity contribution in [1.29, 1.82) is 0 Å². The molecule has 1 aromatic rings. The fraction of sp³-hybridized carbons (Fsp3) is 0.636. The van der Waals surface area contributed by atoms with E-state index in [2.05, 4.69) is 44.7 Å². The summed E-state index contributed by atoms with van der Waals surface area (Å²) < 4.78 is 0. The summed E-state index contributed by atoms with van der Waals surface area (Å²) in [4.78, 5) is 0. The number of aryl methyl sites for hydroxylation is 1. The van der Waals surface area contributed by atoms with E-state index in [0.29, 0.717) is 0 Å². The van der Waals surface area contributed by atoms with E-state index in [4.69, 9.17) is 0 Å². The first-order valence-corrected chi connectivity index (χ1v) is 9.29. The van der Waals surface area contributed by atoms with Crippen molar-refractivity contribution in [1.82, 2.24) is 0 Å². The number of rotatable bonds is 3. The van der Waals surface area contributed by atoms with E-state index in [1.807, 2.05) is 0 Å². The molecule has 120 valence electrons. The van der Waals surface area contributed by atoms with Gasteiger partial charge in [0.15, 0.2) is 0 Å². The van der Waals surface area contributed by atoms with Gasteiger partial charge in [-0.2, -0.15) is 34.9 Å². The maximum Gasteiger partial charge on any atom is 1.00 e. The van der Waals surface area contributed by atoms with E-state index in [1.165, 1.54) is 62.5 Å². The van der Waals surface area contributed by atoms with Gasteiger partial charge in [-0.25, -0.2) is 0 Å². The summed E-state index contributed by atoms with van der Waals surface area (Å²) in [5.74, 6) is 3.61. The molecule has 0 atom stereocenters. The first-order chi connectivity index (χ1) is 10.7. The maximum absolute atomic E-state index is 3.98. The van der Waals surface area contributed by atoms with Gasteiger partial charge < -0.3 is 0 Å². The molecular weight excluding hydrogens is 350 g/mol. The molecule has 2 aliphatic carbocycles. The normalized spacial score (nSPS) is 31.2. The van der Waals surface area contributed by atoms with Crippen LogP contribution in [0.5, 0.6) is 0 Å². The van der Waals surface area contributed by atoms with Gasteiger partial charge in [-0.05, 0) is 75.0 Å². The van der Waals surface area contributed by atoms with Crippen molar-refractivity contribution >= 4 is 0 Å². The minimum absolute atomic E-state index is 0. The molecule has 0 heterocycles. The summed E-state index contributed by atoms with van der Waals surface area (Å²) in [7, 11) is 0. The predicted molar refractivity (Wildman–Crippen MR) is 95.1 cm³/mol. The van der Waals surface area contributed by atoms with Gasteiger partial charge in [-0.15, -0.1) is 6.58 Å². The zero-order valence-electron chi connectivity index (χ0n) is 15.4. The quantitative estimate of drug-likeness (QED) is 0.557. The smallest absolute Gasteiger partial charge is 0.180 e. The standard InChI is InChI=1S/C22H31.Rb/c1-4-18-8-10-19(11-9-18)20-12-14-21(15-13-20)22-7-5-6-16(2)17(22)3;/h4-5,7,18-21H,1,8-15H2,2-3H3;/q-1;+1. The monoisotopic (exact) mass is 380 g/mol. The Morgan fingerprint density at radius 1 is 0.957 bits per heavy atom. The van der Waals surface area contributed by atoms with E-state index in [1.54, 1.807) is 5.56 Å². The third-order valence-electron chi connectivity index (χ3n) is 6.59. The molecule has 0 bridgehead atoms. The summed E-state index contributed by atoms with van der Waals surface area (Å²) in [6.07, 6.45) is 13.6. The van der Waals surface area contributed by atoms with E-state index in [0.717, 1.165) is 23.7 Å². The molecule has 1 aromatic carbocycles. The Labute approximate surface area is 192 Å². The topological polar surface area (TPSA) is 0 Å². The van der Waals surface area contributed by atoms with Crippen LogP contribution in [0.2, 0.25) is 0 Å². The molecule has 2 saturated carbocycles. The van der Waals surface area contributed by atoms with Gasteiger partial charge in [0.05, 0.1) is 0 Å². The van der Waals surface area contributed by atoms with Gasteiger partial charge in [0.2, 0.25) is 0 Å². The molecule has 2 aliphatic rings.